The maximum absolute atomic E-state index is 13.1. The van der Waals surface area contributed by atoms with Gasteiger partial charge in [0.05, 0.1) is 62.4 Å². The molecule has 0 spiro atoms. The lowest BCUT2D eigenvalue weighted by atomic mass is 9.87. The van der Waals surface area contributed by atoms with Crippen LogP contribution in [0.15, 0.2) is 0 Å². The summed E-state index contributed by atoms with van der Waals surface area (Å²) in [5.74, 6) is -13.3. The van der Waals surface area contributed by atoms with E-state index in [1.165, 1.54) is 0 Å². The van der Waals surface area contributed by atoms with E-state index in [9.17, 15) is 59.1 Å². The van der Waals surface area contributed by atoms with Crippen molar-refractivity contribution in [1.29, 1.82) is 0 Å². The molecule has 0 aromatic heterocycles. The minimum Gasteiger partial charge on any atom is -0.481 e. The molecule has 0 heterocycles. The van der Waals surface area contributed by atoms with E-state index >= 15 is 0 Å². The standard InChI is InChI=1S/C36H61NO17/c1-5-6-9-21(3)34(54-33(48)17-24(36(51)52)15-30(43)44)28(53-32(47)16-23(35(49)50)14-29(41)42)13-20(2)12-25(38)10-7-8-11-26(39)18-27(40)22(4)37-19-31(45)46/h20-28,34,37-40H,5-19H2,1-4H3,(H,41,42)(H,43,44)(H,45,46)(H,49,50)(H,51,52). The van der Waals surface area contributed by atoms with E-state index in [1.54, 1.807) is 20.8 Å². The number of nitrogens with one attached hydrogen (secondary N) is 1. The van der Waals surface area contributed by atoms with Gasteiger partial charge in [-0.05, 0) is 50.9 Å². The van der Waals surface area contributed by atoms with Crippen LogP contribution in [0.2, 0.25) is 0 Å². The molecule has 0 bridgehead atoms. The molecule has 312 valence electrons. The van der Waals surface area contributed by atoms with Crippen LogP contribution in [-0.4, -0.2) is 126 Å². The highest BCUT2D eigenvalue weighted by Crippen LogP contribution is 2.29. The summed E-state index contributed by atoms with van der Waals surface area (Å²) < 4.78 is 11.4. The zero-order chi connectivity index (χ0) is 41.5. The van der Waals surface area contributed by atoms with Gasteiger partial charge in [-0.25, -0.2) is 0 Å². The first-order valence-corrected chi connectivity index (χ1v) is 18.4. The van der Waals surface area contributed by atoms with E-state index in [0.717, 1.165) is 6.42 Å². The van der Waals surface area contributed by atoms with Gasteiger partial charge in [0.15, 0.2) is 0 Å². The molecule has 0 rings (SSSR count). The second kappa shape index (κ2) is 26.8. The van der Waals surface area contributed by atoms with Crippen LogP contribution in [-0.2, 0) is 43.0 Å². The predicted octanol–water partition coefficient (Wildman–Crippen LogP) is 2.28. The lowest BCUT2D eigenvalue weighted by molar-refractivity contribution is -0.177. The lowest BCUT2D eigenvalue weighted by Gasteiger charge is -2.33. The van der Waals surface area contributed by atoms with E-state index in [0.29, 0.717) is 38.5 Å². The highest BCUT2D eigenvalue weighted by Gasteiger charge is 2.37. The number of carboxylic acids is 5. The largest absolute Gasteiger partial charge is 0.481 e. The van der Waals surface area contributed by atoms with Gasteiger partial charge in [-0.15, -0.1) is 0 Å². The van der Waals surface area contributed by atoms with Gasteiger partial charge in [0.2, 0.25) is 0 Å². The van der Waals surface area contributed by atoms with Crippen LogP contribution in [0.25, 0.3) is 0 Å². The molecular weight excluding hydrogens is 718 g/mol. The summed E-state index contributed by atoms with van der Waals surface area (Å²) in [6.07, 6.45) is -4.68. The van der Waals surface area contributed by atoms with Crippen LogP contribution >= 0.6 is 0 Å². The zero-order valence-electron chi connectivity index (χ0n) is 31.6. The van der Waals surface area contributed by atoms with Crippen molar-refractivity contribution in [3.05, 3.63) is 0 Å². The molecule has 0 amide bonds. The van der Waals surface area contributed by atoms with E-state index in [2.05, 4.69) is 5.32 Å². The molecule has 0 aromatic rings. The van der Waals surface area contributed by atoms with Crippen molar-refractivity contribution >= 4 is 41.8 Å². The average molecular weight is 780 g/mol. The van der Waals surface area contributed by atoms with E-state index in [-0.39, 0.29) is 25.8 Å². The molecule has 0 saturated carbocycles. The van der Waals surface area contributed by atoms with Gasteiger partial charge in [-0.2, -0.15) is 0 Å². The van der Waals surface area contributed by atoms with Crippen LogP contribution < -0.4 is 5.32 Å². The van der Waals surface area contributed by atoms with Crippen LogP contribution in [0, 0.1) is 23.7 Å². The highest BCUT2D eigenvalue weighted by molar-refractivity contribution is 5.84. The molecule has 10 unspecified atom stereocenters. The molecule has 0 aromatic carbocycles. The summed E-state index contributed by atoms with van der Waals surface area (Å²) in [7, 11) is 0. The zero-order valence-corrected chi connectivity index (χ0v) is 31.6. The number of rotatable bonds is 32. The third kappa shape index (κ3) is 23.0. The Morgan fingerprint density at radius 2 is 1.07 bits per heavy atom. The first kappa shape index (κ1) is 50.1. The van der Waals surface area contributed by atoms with Crippen molar-refractivity contribution in [2.75, 3.05) is 6.54 Å². The molecule has 0 aliphatic rings. The Bertz CT molecular complexity index is 1200. The van der Waals surface area contributed by atoms with Crippen molar-refractivity contribution in [3.8, 4) is 0 Å². The molecule has 18 heteroatoms. The van der Waals surface area contributed by atoms with Crippen molar-refractivity contribution in [2.45, 2.75) is 154 Å². The SMILES string of the molecule is CCCCC(C)C(OC(=O)CC(CC(=O)O)C(=O)O)C(CC(C)CC(O)CCCCC(O)CC(O)C(C)NCC(=O)O)OC(=O)CC(CC(=O)O)C(=O)O. The van der Waals surface area contributed by atoms with E-state index in [4.69, 9.17) is 24.8 Å². The maximum Gasteiger partial charge on any atom is 0.317 e. The molecule has 10 atom stereocenters. The minimum absolute atomic E-state index is 0.00390. The number of unbranched alkanes of at least 4 members (excludes halogenated alkanes) is 2. The summed E-state index contributed by atoms with van der Waals surface area (Å²) in [4.78, 5) is 82.5. The normalized spacial score (nSPS) is 17.0. The molecular formula is C36H61NO17. The summed E-state index contributed by atoms with van der Waals surface area (Å²) >= 11 is 0. The number of hydrogen-bond donors (Lipinski definition) is 9. The van der Waals surface area contributed by atoms with Gasteiger partial charge in [0, 0.05) is 12.5 Å². The van der Waals surface area contributed by atoms with E-state index < -0.39 is 128 Å². The fourth-order valence-electron chi connectivity index (χ4n) is 6.05. The number of aliphatic hydroxyl groups excluding tert-OH is 3. The lowest BCUT2D eigenvalue weighted by Crippen LogP contribution is -2.42. The molecule has 0 aliphatic carbocycles. The first-order chi connectivity index (χ1) is 25.2. The molecule has 0 fully saturated rings. The Morgan fingerprint density at radius 1 is 0.593 bits per heavy atom. The second-order valence-corrected chi connectivity index (χ2v) is 14.3. The van der Waals surface area contributed by atoms with Crippen molar-refractivity contribution in [3.63, 3.8) is 0 Å². The molecule has 0 saturated heterocycles. The van der Waals surface area contributed by atoms with Gasteiger partial charge in [0.1, 0.15) is 12.2 Å². The van der Waals surface area contributed by atoms with Gasteiger partial charge in [0.25, 0.3) is 0 Å². The monoisotopic (exact) mass is 779 g/mol. The maximum atomic E-state index is 13.1. The van der Waals surface area contributed by atoms with E-state index in [1.807, 2.05) is 6.92 Å². The Labute approximate surface area is 315 Å². The number of carbonyl (C=O) groups is 7. The van der Waals surface area contributed by atoms with Crippen LogP contribution in [0.5, 0.6) is 0 Å². The van der Waals surface area contributed by atoms with Crippen molar-refractivity contribution in [1.82, 2.24) is 5.32 Å². The van der Waals surface area contributed by atoms with Crippen LogP contribution in [0.3, 0.4) is 0 Å². The minimum atomic E-state index is -1.61. The van der Waals surface area contributed by atoms with Crippen LogP contribution in [0.4, 0.5) is 0 Å². The highest BCUT2D eigenvalue weighted by atomic mass is 16.6. The Hall–Kier alpha value is -3.87. The number of aliphatic carboxylic acids is 5. The van der Waals surface area contributed by atoms with Crippen molar-refractivity contribution in [2.24, 2.45) is 23.7 Å². The van der Waals surface area contributed by atoms with Gasteiger partial charge in [-0.3, -0.25) is 33.6 Å². The smallest absolute Gasteiger partial charge is 0.317 e. The summed E-state index contributed by atoms with van der Waals surface area (Å²) in [5, 5.41) is 79.9. The Kier molecular flexibility index (Phi) is 24.9. The quantitative estimate of drug-likeness (QED) is 0.0349. The molecule has 0 radical (unpaired) electrons. The number of esters is 2. The fraction of sp³-hybridized carbons (Fsp3) is 0.806. The summed E-state index contributed by atoms with van der Waals surface area (Å²) in [6, 6.07) is -0.554. The fourth-order valence-corrected chi connectivity index (χ4v) is 6.05. The number of hydrogen-bond acceptors (Lipinski definition) is 13. The van der Waals surface area contributed by atoms with Crippen molar-refractivity contribution < 1.29 is 83.9 Å². The average Bonchev–Trinajstić information content (AvgIpc) is 3.05. The topological polar surface area (TPSA) is 312 Å². The third-order valence-corrected chi connectivity index (χ3v) is 9.16. The van der Waals surface area contributed by atoms with Gasteiger partial charge >= 0.3 is 41.8 Å². The van der Waals surface area contributed by atoms with Gasteiger partial charge < -0.3 is 55.6 Å². The third-order valence-electron chi connectivity index (χ3n) is 9.16. The number of ether oxygens (including phenoxy) is 2. The number of carbonyl (C=O) groups excluding carboxylic acids is 2. The first-order valence-electron chi connectivity index (χ1n) is 18.4. The predicted molar refractivity (Wildman–Crippen MR) is 189 cm³/mol. The number of carboxylic acid groups (broad SMARTS) is 5. The number of aliphatic hydroxyl groups is 3. The Balaban J connectivity index is 5.85. The summed E-state index contributed by atoms with van der Waals surface area (Å²) in [5.41, 5.74) is 0. The molecule has 54 heavy (non-hydrogen) atoms. The van der Waals surface area contributed by atoms with Gasteiger partial charge in [-0.1, -0.05) is 46.5 Å². The molecule has 18 nitrogen and oxygen atoms in total. The summed E-state index contributed by atoms with van der Waals surface area (Å²) in [6.45, 7) is 6.63. The Morgan fingerprint density at radius 3 is 1.52 bits per heavy atom. The molecule has 9 N–H and O–H groups in total. The molecule has 0 aliphatic heterocycles. The second-order valence-electron chi connectivity index (χ2n) is 14.3. The van der Waals surface area contributed by atoms with Crippen LogP contribution in [0.1, 0.15) is 118 Å².